The van der Waals surface area contributed by atoms with E-state index in [4.69, 9.17) is 0 Å². The molecule has 2 heterocycles. The van der Waals surface area contributed by atoms with Gasteiger partial charge in [0, 0.05) is 30.8 Å². The predicted octanol–water partition coefficient (Wildman–Crippen LogP) is 0.336. The highest BCUT2D eigenvalue weighted by atomic mass is 35.5. The zero-order chi connectivity index (χ0) is 16.4. The van der Waals surface area contributed by atoms with Crippen LogP contribution in [-0.4, -0.2) is 23.1 Å². The van der Waals surface area contributed by atoms with Crippen molar-refractivity contribution in [2.75, 3.05) is 12.3 Å². The van der Waals surface area contributed by atoms with Crippen molar-refractivity contribution in [2.45, 2.75) is 19.2 Å². The van der Waals surface area contributed by atoms with Gasteiger partial charge in [-0.15, -0.1) is 11.8 Å². The lowest BCUT2D eigenvalue weighted by Crippen LogP contribution is -3.00. The van der Waals surface area contributed by atoms with Crippen molar-refractivity contribution in [1.82, 2.24) is 4.90 Å². The minimum Gasteiger partial charge on any atom is -1.00 e. The second-order valence-electron chi connectivity index (χ2n) is 6.12. The van der Waals surface area contributed by atoms with Crippen LogP contribution in [0.15, 0.2) is 48.8 Å². The van der Waals surface area contributed by atoms with Crippen LogP contribution < -0.4 is 17.0 Å². The highest BCUT2D eigenvalue weighted by Gasteiger charge is 2.33. The molecule has 1 saturated heterocycles. The van der Waals surface area contributed by atoms with E-state index in [0.717, 1.165) is 17.8 Å². The van der Waals surface area contributed by atoms with Crippen molar-refractivity contribution in [3.05, 3.63) is 60.2 Å². The summed E-state index contributed by atoms with van der Waals surface area (Å²) in [6, 6.07) is 10.5. The third-order valence-corrected chi connectivity index (χ3v) is 5.05. The van der Waals surface area contributed by atoms with E-state index >= 15 is 0 Å². The van der Waals surface area contributed by atoms with E-state index in [1.54, 1.807) is 23.9 Å². The molecule has 1 aromatic carbocycles. The number of pyridine rings is 1. The zero-order valence-electron chi connectivity index (χ0n) is 13.7. The summed E-state index contributed by atoms with van der Waals surface area (Å²) in [5.74, 6) is 0.970. The lowest BCUT2D eigenvalue weighted by molar-refractivity contribution is -0.595. The van der Waals surface area contributed by atoms with Crippen molar-refractivity contribution in [3.63, 3.8) is 0 Å². The predicted molar refractivity (Wildman–Crippen MR) is 89.7 cm³/mol. The number of halogens is 2. The highest BCUT2D eigenvalue weighted by molar-refractivity contribution is 8.00. The SMILES string of the molecule is CC(C)CN1C(=O)CSC1c1cc[n+](-c2ccc(F)cc2)cc1.[Cl-]. The lowest BCUT2D eigenvalue weighted by Gasteiger charge is -2.25. The molecule has 24 heavy (non-hydrogen) atoms. The van der Waals surface area contributed by atoms with Crippen molar-refractivity contribution < 1.29 is 26.2 Å². The number of hydrogen-bond acceptors (Lipinski definition) is 2. The fourth-order valence-corrected chi connectivity index (χ4v) is 3.91. The normalized spacial score (nSPS) is 17.2. The van der Waals surface area contributed by atoms with Gasteiger partial charge in [-0.1, -0.05) is 13.8 Å². The van der Waals surface area contributed by atoms with Crippen LogP contribution in [0, 0.1) is 11.7 Å². The molecule has 1 aliphatic heterocycles. The first-order valence-corrected chi connectivity index (χ1v) is 8.77. The first-order valence-electron chi connectivity index (χ1n) is 7.73. The van der Waals surface area contributed by atoms with Crippen molar-refractivity contribution in [2.24, 2.45) is 5.92 Å². The minimum atomic E-state index is -0.240. The van der Waals surface area contributed by atoms with Crippen LogP contribution in [0.25, 0.3) is 5.69 Å². The standard InChI is InChI=1S/C18H20FN2OS.ClH/c1-13(2)11-21-17(22)12-23-18(21)14-7-9-20(10-8-14)16-5-3-15(19)4-6-16;/h3-10,13,18H,11-12H2,1-2H3;1H/q+1;/p-1. The van der Waals surface area contributed by atoms with Crippen molar-refractivity contribution >= 4 is 17.7 Å². The summed E-state index contributed by atoms with van der Waals surface area (Å²) in [6.45, 7) is 5.03. The molecule has 1 atom stereocenters. The smallest absolute Gasteiger partial charge is 0.233 e. The number of amides is 1. The molecule has 1 unspecified atom stereocenters. The van der Waals surface area contributed by atoms with Crippen LogP contribution in [0.4, 0.5) is 4.39 Å². The number of hydrogen-bond donors (Lipinski definition) is 0. The van der Waals surface area contributed by atoms with Gasteiger partial charge in [-0.2, -0.15) is 4.57 Å². The lowest BCUT2D eigenvalue weighted by atomic mass is 10.1. The number of benzene rings is 1. The minimum absolute atomic E-state index is 0. The van der Waals surface area contributed by atoms with Gasteiger partial charge in [0.05, 0.1) is 5.75 Å². The Morgan fingerprint density at radius 2 is 1.83 bits per heavy atom. The van der Waals surface area contributed by atoms with E-state index in [9.17, 15) is 9.18 Å². The third-order valence-electron chi connectivity index (χ3n) is 3.80. The van der Waals surface area contributed by atoms with Crippen LogP contribution in [-0.2, 0) is 4.79 Å². The molecule has 6 heteroatoms. The summed E-state index contributed by atoms with van der Waals surface area (Å²) in [4.78, 5) is 14.0. The van der Waals surface area contributed by atoms with Crippen molar-refractivity contribution in [1.29, 1.82) is 0 Å². The average Bonchev–Trinajstić information content (AvgIpc) is 2.89. The summed E-state index contributed by atoms with van der Waals surface area (Å²) >= 11 is 1.67. The first-order chi connectivity index (χ1) is 11.0. The van der Waals surface area contributed by atoms with Gasteiger partial charge in [-0.3, -0.25) is 4.79 Å². The Hall–Kier alpha value is -1.59. The van der Waals surface area contributed by atoms with Gasteiger partial charge in [0.15, 0.2) is 12.4 Å². The average molecular weight is 367 g/mol. The highest BCUT2D eigenvalue weighted by Crippen LogP contribution is 2.38. The second kappa shape index (κ2) is 7.99. The van der Waals surface area contributed by atoms with E-state index in [1.807, 2.05) is 34.0 Å². The molecule has 0 bridgehead atoms. The molecule has 0 saturated carbocycles. The van der Waals surface area contributed by atoms with Gasteiger partial charge in [-0.25, -0.2) is 4.39 Å². The maximum Gasteiger partial charge on any atom is 0.233 e. The van der Waals surface area contributed by atoms with Crippen LogP contribution in [0.2, 0.25) is 0 Å². The Kier molecular flexibility index (Phi) is 6.24. The largest absolute Gasteiger partial charge is 1.00 e. The van der Waals surface area contributed by atoms with E-state index < -0.39 is 0 Å². The molecule has 0 aliphatic carbocycles. The number of carbonyl (C=O) groups is 1. The van der Waals surface area contributed by atoms with Crippen LogP contribution in [0.5, 0.6) is 0 Å². The Bertz CT molecular complexity index is 691. The summed E-state index contributed by atoms with van der Waals surface area (Å²) in [6.07, 6.45) is 3.92. The van der Waals surface area contributed by atoms with Crippen molar-refractivity contribution in [3.8, 4) is 5.69 Å². The maximum atomic E-state index is 13.0. The van der Waals surface area contributed by atoms with Gasteiger partial charge in [-0.05, 0) is 23.6 Å². The number of rotatable bonds is 4. The van der Waals surface area contributed by atoms with Gasteiger partial charge in [0.1, 0.15) is 11.2 Å². The third kappa shape index (κ3) is 4.08. The zero-order valence-corrected chi connectivity index (χ0v) is 15.2. The maximum absolute atomic E-state index is 13.0. The summed E-state index contributed by atoms with van der Waals surface area (Å²) in [5.41, 5.74) is 2.03. The molecular formula is C18H20ClFN2OS. The number of carbonyl (C=O) groups excluding carboxylic acids is 1. The summed E-state index contributed by atoms with van der Waals surface area (Å²) < 4.78 is 14.9. The molecule has 2 aromatic rings. The number of nitrogens with zero attached hydrogens (tertiary/aromatic N) is 2. The molecule has 128 valence electrons. The van der Waals surface area contributed by atoms with Gasteiger partial charge < -0.3 is 17.3 Å². The first kappa shape index (κ1) is 18.7. The quantitative estimate of drug-likeness (QED) is 0.729. The Labute approximate surface area is 152 Å². The topological polar surface area (TPSA) is 24.2 Å². The second-order valence-corrected chi connectivity index (χ2v) is 7.19. The van der Waals surface area contributed by atoms with Gasteiger partial charge >= 0.3 is 0 Å². The van der Waals surface area contributed by atoms with E-state index in [0.29, 0.717) is 11.7 Å². The Morgan fingerprint density at radius 1 is 1.21 bits per heavy atom. The molecule has 1 fully saturated rings. The molecule has 0 radical (unpaired) electrons. The number of aromatic nitrogens is 1. The fraction of sp³-hybridized carbons (Fsp3) is 0.333. The monoisotopic (exact) mass is 366 g/mol. The molecule has 0 N–H and O–H groups in total. The van der Waals surface area contributed by atoms with E-state index in [1.165, 1.54) is 12.1 Å². The summed E-state index contributed by atoms with van der Waals surface area (Å²) in [5, 5.41) is 0.0905. The van der Waals surface area contributed by atoms with Crippen LogP contribution >= 0.6 is 11.8 Å². The molecular weight excluding hydrogens is 347 g/mol. The van der Waals surface area contributed by atoms with E-state index in [-0.39, 0.29) is 29.5 Å². The molecule has 1 amide bonds. The molecule has 1 aliphatic rings. The fourth-order valence-electron chi connectivity index (χ4n) is 2.71. The molecule has 3 rings (SSSR count). The Morgan fingerprint density at radius 3 is 2.42 bits per heavy atom. The van der Waals surface area contributed by atoms with E-state index in [2.05, 4.69) is 13.8 Å². The summed E-state index contributed by atoms with van der Waals surface area (Å²) in [7, 11) is 0. The van der Waals surface area contributed by atoms with Gasteiger partial charge in [0.2, 0.25) is 11.6 Å². The molecule has 1 aromatic heterocycles. The Balaban J connectivity index is 0.00000208. The molecule has 3 nitrogen and oxygen atoms in total. The number of thioether (sulfide) groups is 1. The molecule has 0 spiro atoms. The van der Waals surface area contributed by atoms with Crippen LogP contribution in [0.3, 0.4) is 0 Å². The van der Waals surface area contributed by atoms with Gasteiger partial charge in [0.25, 0.3) is 0 Å². The van der Waals surface area contributed by atoms with Crippen LogP contribution in [0.1, 0.15) is 24.8 Å².